The van der Waals surface area contributed by atoms with Crippen molar-refractivity contribution in [1.29, 1.82) is 0 Å². The largest absolute Gasteiger partial charge is 0.411 e. The first kappa shape index (κ1) is 22.0. The van der Waals surface area contributed by atoms with E-state index in [1.165, 1.54) is 41.3 Å². The zero-order valence-corrected chi connectivity index (χ0v) is 16.0. The van der Waals surface area contributed by atoms with Crippen molar-refractivity contribution < 1.29 is 27.6 Å². The minimum Gasteiger partial charge on any atom is -0.367 e. The molecule has 0 fully saturated rings. The van der Waals surface area contributed by atoms with E-state index in [0.717, 1.165) is 5.56 Å². The van der Waals surface area contributed by atoms with Crippen molar-refractivity contribution in [2.75, 3.05) is 6.61 Å². The average Bonchev–Trinajstić information content (AvgIpc) is 3.22. The molecule has 8 nitrogen and oxygen atoms in total. The second-order valence-electron chi connectivity index (χ2n) is 6.55. The maximum Gasteiger partial charge on any atom is 0.411 e. The number of amides is 1. The summed E-state index contributed by atoms with van der Waals surface area (Å²) in [6.07, 6.45) is -1.49. The fourth-order valence-electron chi connectivity index (χ4n) is 2.63. The normalized spacial score (nSPS) is 11.3. The number of nitrogens with zero attached hydrogens (tertiary/aromatic N) is 3. The molecule has 3 aromatic rings. The van der Waals surface area contributed by atoms with Crippen LogP contribution in [0.4, 0.5) is 18.9 Å². The van der Waals surface area contributed by atoms with Gasteiger partial charge in [0.1, 0.15) is 6.61 Å². The number of halogens is 3. The molecule has 1 heterocycles. The van der Waals surface area contributed by atoms with E-state index in [4.69, 9.17) is 0 Å². The Morgan fingerprint density at radius 2 is 1.74 bits per heavy atom. The summed E-state index contributed by atoms with van der Waals surface area (Å²) in [6.45, 7) is -1.25. The summed E-state index contributed by atoms with van der Waals surface area (Å²) in [5, 5.41) is 17.5. The Morgan fingerprint density at radius 3 is 2.35 bits per heavy atom. The number of carbonyl (C=O) groups excluding carboxylic acids is 1. The Bertz CT molecular complexity index is 1050. The van der Waals surface area contributed by atoms with E-state index in [-0.39, 0.29) is 24.7 Å². The lowest BCUT2D eigenvalue weighted by molar-refractivity contribution is -0.384. The summed E-state index contributed by atoms with van der Waals surface area (Å²) < 4.78 is 42.3. The van der Waals surface area contributed by atoms with Crippen LogP contribution in [-0.4, -0.2) is 33.4 Å². The minimum absolute atomic E-state index is 0.0493. The minimum atomic E-state index is -4.36. The predicted octanol–water partition coefficient (Wildman–Crippen LogP) is 3.79. The van der Waals surface area contributed by atoms with Crippen molar-refractivity contribution >= 4 is 11.6 Å². The first-order chi connectivity index (χ1) is 14.7. The number of nitrogens with one attached hydrogen (secondary N) is 1. The van der Waals surface area contributed by atoms with Crippen LogP contribution in [0.3, 0.4) is 0 Å². The van der Waals surface area contributed by atoms with Gasteiger partial charge in [0.05, 0.1) is 29.0 Å². The highest BCUT2D eigenvalue weighted by atomic mass is 19.4. The lowest BCUT2D eigenvalue weighted by Gasteiger charge is -2.08. The molecule has 1 aromatic heterocycles. The van der Waals surface area contributed by atoms with Gasteiger partial charge in [-0.05, 0) is 23.3 Å². The number of nitro benzene ring substituents is 1. The molecule has 0 unspecified atom stereocenters. The number of ether oxygens (including phenoxy) is 1. The first-order valence-corrected chi connectivity index (χ1v) is 9.01. The molecule has 11 heteroatoms. The van der Waals surface area contributed by atoms with Gasteiger partial charge in [0, 0.05) is 24.9 Å². The molecule has 0 aliphatic carbocycles. The van der Waals surface area contributed by atoms with E-state index in [1.807, 2.05) is 0 Å². The molecule has 1 N–H and O–H groups in total. The third kappa shape index (κ3) is 6.37. The van der Waals surface area contributed by atoms with E-state index in [0.29, 0.717) is 16.8 Å². The quantitative estimate of drug-likeness (QED) is 0.430. The molecule has 0 saturated carbocycles. The van der Waals surface area contributed by atoms with Crippen LogP contribution in [0.1, 0.15) is 21.5 Å². The lowest BCUT2D eigenvalue weighted by atomic mass is 10.1. The van der Waals surface area contributed by atoms with Crippen LogP contribution in [0.2, 0.25) is 0 Å². The average molecular weight is 434 g/mol. The number of nitro groups is 1. The van der Waals surface area contributed by atoms with E-state index in [2.05, 4.69) is 15.2 Å². The van der Waals surface area contributed by atoms with Crippen molar-refractivity contribution in [3.63, 3.8) is 0 Å². The van der Waals surface area contributed by atoms with E-state index < -0.39 is 17.7 Å². The second kappa shape index (κ2) is 9.39. The molecular weight excluding hydrogens is 417 g/mol. The highest BCUT2D eigenvalue weighted by Gasteiger charge is 2.27. The molecule has 0 bridgehead atoms. The summed E-state index contributed by atoms with van der Waals surface area (Å²) in [5.41, 5.74) is 2.16. The molecule has 0 spiro atoms. The Labute approximate surface area is 174 Å². The van der Waals surface area contributed by atoms with E-state index in [1.54, 1.807) is 24.3 Å². The molecule has 0 aliphatic heterocycles. The number of carbonyl (C=O) groups is 1. The van der Waals surface area contributed by atoms with Crippen molar-refractivity contribution in [3.8, 4) is 5.69 Å². The molecule has 31 heavy (non-hydrogen) atoms. The zero-order valence-electron chi connectivity index (χ0n) is 16.0. The number of rotatable bonds is 8. The Balaban J connectivity index is 1.52. The topological polar surface area (TPSA) is 99.3 Å². The summed E-state index contributed by atoms with van der Waals surface area (Å²) in [7, 11) is 0. The third-order valence-corrected chi connectivity index (χ3v) is 4.18. The van der Waals surface area contributed by atoms with Crippen LogP contribution in [0.5, 0.6) is 0 Å². The smallest absolute Gasteiger partial charge is 0.367 e. The van der Waals surface area contributed by atoms with Crippen molar-refractivity contribution in [2.24, 2.45) is 0 Å². The maximum absolute atomic E-state index is 12.3. The molecular formula is C20H17F3N4O4. The number of hydrogen-bond acceptors (Lipinski definition) is 5. The van der Waals surface area contributed by atoms with Gasteiger partial charge < -0.3 is 10.1 Å². The monoisotopic (exact) mass is 434 g/mol. The molecule has 0 saturated heterocycles. The summed E-state index contributed by atoms with van der Waals surface area (Å²) >= 11 is 0. The second-order valence-corrected chi connectivity index (χ2v) is 6.55. The van der Waals surface area contributed by atoms with Crippen molar-refractivity contribution in [2.45, 2.75) is 19.3 Å². The molecule has 3 rings (SSSR count). The highest BCUT2D eigenvalue weighted by Crippen LogP contribution is 2.17. The van der Waals surface area contributed by atoms with E-state index >= 15 is 0 Å². The van der Waals surface area contributed by atoms with Gasteiger partial charge in [-0.3, -0.25) is 14.9 Å². The predicted molar refractivity (Wildman–Crippen MR) is 104 cm³/mol. The fraction of sp³-hybridized carbons (Fsp3) is 0.200. The van der Waals surface area contributed by atoms with Crippen molar-refractivity contribution in [1.82, 2.24) is 15.1 Å². The van der Waals surface area contributed by atoms with Crippen LogP contribution in [0, 0.1) is 10.1 Å². The van der Waals surface area contributed by atoms with Crippen LogP contribution in [0.25, 0.3) is 5.69 Å². The number of hydrogen-bond donors (Lipinski definition) is 1. The first-order valence-electron chi connectivity index (χ1n) is 9.01. The Hall–Kier alpha value is -3.73. The Kier molecular flexibility index (Phi) is 6.65. The number of non-ortho nitro benzene ring substituents is 1. The molecule has 162 valence electrons. The molecule has 0 atom stereocenters. The van der Waals surface area contributed by atoms with Gasteiger partial charge in [0.25, 0.3) is 11.6 Å². The van der Waals surface area contributed by atoms with Crippen LogP contribution < -0.4 is 5.32 Å². The Morgan fingerprint density at radius 1 is 1.10 bits per heavy atom. The number of aromatic nitrogens is 2. The zero-order chi connectivity index (χ0) is 22.4. The van der Waals surface area contributed by atoms with Crippen LogP contribution >= 0.6 is 0 Å². The molecule has 2 aromatic carbocycles. The van der Waals surface area contributed by atoms with Gasteiger partial charge in [0.2, 0.25) is 0 Å². The SMILES string of the molecule is O=C(NCc1ccc(COCC(F)(F)F)cc1)c1cnn(-c2ccc([N+](=O)[O-])cc2)c1. The summed E-state index contributed by atoms with van der Waals surface area (Å²) in [6, 6.07) is 12.4. The highest BCUT2D eigenvalue weighted by molar-refractivity contribution is 5.93. The van der Waals surface area contributed by atoms with Gasteiger partial charge in [-0.15, -0.1) is 0 Å². The third-order valence-electron chi connectivity index (χ3n) is 4.18. The molecule has 0 radical (unpaired) electrons. The number of benzene rings is 2. The van der Waals surface area contributed by atoms with Gasteiger partial charge in [-0.2, -0.15) is 18.3 Å². The molecule has 0 aliphatic rings. The molecule has 1 amide bonds. The maximum atomic E-state index is 12.3. The summed E-state index contributed by atoms with van der Waals surface area (Å²) in [5.74, 6) is -0.370. The lowest BCUT2D eigenvalue weighted by Crippen LogP contribution is -2.22. The van der Waals surface area contributed by atoms with Crippen LogP contribution in [0.15, 0.2) is 60.9 Å². The van der Waals surface area contributed by atoms with E-state index in [9.17, 15) is 28.1 Å². The van der Waals surface area contributed by atoms with Crippen LogP contribution in [-0.2, 0) is 17.9 Å². The summed E-state index contributed by atoms with van der Waals surface area (Å²) in [4.78, 5) is 22.5. The van der Waals surface area contributed by atoms with Gasteiger partial charge in [-0.1, -0.05) is 24.3 Å². The van der Waals surface area contributed by atoms with Gasteiger partial charge >= 0.3 is 6.18 Å². The van der Waals surface area contributed by atoms with Crippen molar-refractivity contribution in [3.05, 3.63) is 87.7 Å². The van der Waals surface area contributed by atoms with Gasteiger partial charge in [-0.25, -0.2) is 4.68 Å². The standard InChI is InChI=1S/C20H17F3N4O4/c21-20(22,23)13-31-12-15-3-1-14(2-4-15)9-24-19(28)16-10-25-26(11-16)17-5-7-18(8-6-17)27(29)30/h1-8,10-11H,9,12-13H2,(H,24,28). The number of alkyl halides is 3. The van der Waals surface area contributed by atoms with Gasteiger partial charge in [0.15, 0.2) is 0 Å². The fourth-order valence-corrected chi connectivity index (χ4v) is 2.63.